The van der Waals surface area contributed by atoms with E-state index in [0.717, 1.165) is 23.8 Å². The minimum absolute atomic E-state index is 0.346. The Labute approximate surface area is 121 Å². The average Bonchev–Trinajstić information content (AvgIpc) is 2.46. The summed E-state index contributed by atoms with van der Waals surface area (Å²) in [5.41, 5.74) is 1.03. The quantitative estimate of drug-likeness (QED) is 0.831. The molecule has 0 saturated heterocycles. The van der Waals surface area contributed by atoms with Gasteiger partial charge in [-0.1, -0.05) is 31.4 Å². The van der Waals surface area contributed by atoms with Crippen molar-refractivity contribution in [1.29, 1.82) is 0 Å². The van der Waals surface area contributed by atoms with Crippen LogP contribution in [0.25, 0.3) is 0 Å². The summed E-state index contributed by atoms with van der Waals surface area (Å²) in [6.45, 7) is 0.847. The Kier molecular flexibility index (Phi) is 6.21. The summed E-state index contributed by atoms with van der Waals surface area (Å²) < 4.78 is 0. The van der Waals surface area contributed by atoms with Gasteiger partial charge < -0.3 is 10.4 Å². The van der Waals surface area contributed by atoms with Crippen LogP contribution in [0.1, 0.15) is 50.2 Å². The standard InChI is InChI=1S/C16H25NOS/c1-17-12-11-16(18)13-7-9-15(10-8-13)19-14-5-3-2-4-6-14/h7-10,14,16-18H,2-6,11-12H2,1H3. The average molecular weight is 279 g/mol. The zero-order valence-electron chi connectivity index (χ0n) is 11.8. The highest BCUT2D eigenvalue weighted by Gasteiger charge is 2.14. The number of aliphatic hydroxyl groups is 1. The van der Waals surface area contributed by atoms with Gasteiger partial charge in [-0.15, -0.1) is 11.8 Å². The van der Waals surface area contributed by atoms with Crippen molar-refractivity contribution < 1.29 is 5.11 Å². The SMILES string of the molecule is CNCCC(O)c1ccc(SC2CCCCC2)cc1. The second-order valence-corrected chi connectivity index (χ2v) is 6.73. The minimum Gasteiger partial charge on any atom is -0.388 e. The molecule has 1 atom stereocenters. The van der Waals surface area contributed by atoms with E-state index in [0.29, 0.717) is 0 Å². The second-order valence-electron chi connectivity index (χ2n) is 5.35. The summed E-state index contributed by atoms with van der Waals surface area (Å²) in [4.78, 5) is 1.34. The molecule has 1 aliphatic rings. The van der Waals surface area contributed by atoms with Gasteiger partial charge in [0.15, 0.2) is 0 Å². The Morgan fingerprint density at radius 2 is 1.89 bits per heavy atom. The van der Waals surface area contributed by atoms with Crippen LogP contribution in [0.5, 0.6) is 0 Å². The molecule has 0 radical (unpaired) electrons. The van der Waals surface area contributed by atoms with Crippen molar-refractivity contribution in [2.75, 3.05) is 13.6 Å². The Morgan fingerprint density at radius 3 is 2.53 bits per heavy atom. The maximum absolute atomic E-state index is 10.0. The lowest BCUT2D eigenvalue weighted by Gasteiger charge is -2.21. The van der Waals surface area contributed by atoms with Crippen LogP contribution >= 0.6 is 11.8 Å². The van der Waals surface area contributed by atoms with Crippen LogP contribution in [0, 0.1) is 0 Å². The highest BCUT2D eigenvalue weighted by atomic mass is 32.2. The number of rotatable bonds is 6. The number of thioether (sulfide) groups is 1. The van der Waals surface area contributed by atoms with Gasteiger partial charge in [-0.25, -0.2) is 0 Å². The molecule has 1 aliphatic carbocycles. The van der Waals surface area contributed by atoms with Gasteiger partial charge in [0.05, 0.1) is 6.10 Å². The van der Waals surface area contributed by atoms with Crippen molar-refractivity contribution >= 4 is 11.8 Å². The third-order valence-electron chi connectivity index (χ3n) is 3.79. The van der Waals surface area contributed by atoms with Gasteiger partial charge in [-0.3, -0.25) is 0 Å². The molecule has 1 aromatic rings. The number of hydrogen-bond acceptors (Lipinski definition) is 3. The van der Waals surface area contributed by atoms with Crippen LogP contribution in [0.15, 0.2) is 29.2 Å². The predicted octanol–water partition coefficient (Wildman–Crippen LogP) is 3.75. The monoisotopic (exact) mass is 279 g/mol. The molecular formula is C16H25NOS. The molecule has 2 rings (SSSR count). The van der Waals surface area contributed by atoms with E-state index in [-0.39, 0.29) is 6.10 Å². The molecule has 0 heterocycles. The molecule has 1 aromatic carbocycles. The molecule has 1 fully saturated rings. The molecule has 0 bridgehead atoms. The summed E-state index contributed by atoms with van der Waals surface area (Å²) in [5.74, 6) is 0. The molecule has 19 heavy (non-hydrogen) atoms. The first-order chi connectivity index (χ1) is 9.29. The zero-order chi connectivity index (χ0) is 13.5. The third kappa shape index (κ3) is 4.83. The van der Waals surface area contributed by atoms with Crippen molar-refractivity contribution in [3.8, 4) is 0 Å². The van der Waals surface area contributed by atoms with E-state index in [4.69, 9.17) is 0 Å². The lowest BCUT2D eigenvalue weighted by molar-refractivity contribution is 0.167. The van der Waals surface area contributed by atoms with Gasteiger partial charge in [-0.05, 0) is 50.6 Å². The fraction of sp³-hybridized carbons (Fsp3) is 0.625. The smallest absolute Gasteiger partial charge is 0.0802 e. The molecule has 3 heteroatoms. The van der Waals surface area contributed by atoms with E-state index >= 15 is 0 Å². The summed E-state index contributed by atoms with van der Waals surface area (Å²) in [7, 11) is 1.91. The largest absolute Gasteiger partial charge is 0.388 e. The van der Waals surface area contributed by atoms with Gasteiger partial charge in [0.1, 0.15) is 0 Å². The molecule has 2 nitrogen and oxygen atoms in total. The number of hydrogen-bond donors (Lipinski definition) is 2. The van der Waals surface area contributed by atoms with Crippen LogP contribution < -0.4 is 5.32 Å². The second kappa shape index (κ2) is 7.93. The van der Waals surface area contributed by atoms with Crippen LogP contribution in [-0.4, -0.2) is 23.9 Å². The number of benzene rings is 1. The summed E-state index contributed by atoms with van der Waals surface area (Å²) in [5, 5.41) is 13.9. The summed E-state index contributed by atoms with van der Waals surface area (Å²) in [6.07, 6.45) is 7.33. The highest BCUT2D eigenvalue weighted by molar-refractivity contribution is 8.00. The minimum atomic E-state index is -0.346. The molecule has 1 saturated carbocycles. The molecule has 0 amide bonds. The maximum Gasteiger partial charge on any atom is 0.0802 e. The van der Waals surface area contributed by atoms with Crippen LogP contribution in [0.4, 0.5) is 0 Å². The van der Waals surface area contributed by atoms with Crippen molar-refractivity contribution in [2.24, 2.45) is 0 Å². The van der Waals surface area contributed by atoms with E-state index in [1.165, 1.54) is 37.0 Å². The van der Waals surface area contributed by atoms with Gasteiger partial charge in [0.25, 0.3) is 0 Å². The van der Waals surface area contributed by atoms with Crippen molar-refractivity contribution in [3.05, 3.63) is 29.8 Å². The predicted molar refractivity (Wildman–Crippen MR) is 82.7 cm³/mol. The van der Waals surface area contributed by atoms with Crippen LogP contribution in [0.2, 0.25) is 0 Å². The third-order valence-corrected chi connectivity index (χ3v) is 5.14. The van der Waals surface area contributed by atoms with Gasteiger partial charge >= 0.3 is 0 Å². The fourth-order valence-corrected chi connectivity index (χ4v) is 3.84. The summed E-state index contributed by atoms with van der Waals surface area (Å²) >= 11 is 2.01. The zero-order valence-corrected chi connectivity index (χ0v) is 12.6. The summed E-state index contributed by atoms with van der Waals surface area (Å²) in [6, 6.07) is 8.48. The molecule has 0 aromatic heterocycles. The molecular weight excluding hydrogens is 254 g/mol. The molecule has 0 spiro atoms. The molecule has 106 valence electrons. The van der Waals surface area contributed by atoms with E-state index in [1.807, 2.05) is 18.8 Å². The lowest BCUT2D eigenvalue weighted by atomic mass is 10.0. The highest BCUT2D eigenvalue weighted by Crippen LogP contribution is 2.34. The van der Waals surface area contributed by atoms with Crippen molar-refractivity contribution in [1.82, 2.24) is 5.32 Å². The first kappa shape index (κ1) is 14.9. The number of nitrogens with one attached hydrogen (secondary N) is 1. The Bertz CT molecular complexity index is 360. The Hall–Kier alpha value is -0.510. The van der Waals surface area contributed by atoms with Crippen LogP contribution in [-0.2, 0) is 0 Å². The Morgan fingerprint density at radius 1 is 1.21 bits per heavy atom. The Balaban J connectivity index is 1.86. The van der Waals surface area contributed by atoms with Crippen molar-refractivity contribution in [2.45, 2.75) is 54.8 Å². The first-order valence-electron chi connectivity index (χ1n) is 7.39. The normalized spacial score (nSPS) is 18.4. The van der Waals surface area contributed by atoms with E-state index in [2.05, 4.69) is 29.6 Å². The maximum atomic E-state index is 10.0. The van der Waals surface area contributed by atoms with E-state index in [9.17, 15) is 5.11 Å². The number of aliphatic hydroxyl groups excluding tert-OH is 1. The molecule has 2 N–H and O–H groups in total. The first-order valence-corrected chi connectivity index (χ1v) is 8.27. The van der Waals surface area contributed by atoms with Gasteiger partial charge in [0, 0.05) is 10.1 Å². The molecule has 0 aliphatic heterocycles. The van der Waals surface area contributed by atoms with Crippen LogP contribution in [0.3, 0.4) is 0 Å². The topological polar surface area (TPSA) is 32.3 Å². The van der Waals surface area contributed by atoms with E-state index < -0.39 is 0 Å². The van der Waals surface area contributed by atoms with Gasteiger partial charge in [0.2, 0.25) is 0 Å². The van der Waals surface area contributed by atoms with E-state index in [1.54, 1.807) is 0 Å². The molecule has 1 unspecified atom stereocenters. The lowest BCUT2D eigenvalue weighted by Crippen LogP contribution is -2.12. The fourth-order valence-electron chi connectivity index (χ4n) is 2.59. The van der Waals surface area contributed by atoms with Gasteiger partial charge in [-0.2, -0.15) is 0 Å². The van der Waals surface area contributed by atoms with Crippen molar-refractivity contribution in [3.63, 3.8) is 0 Å².